The molecule has 0 saturated carbocycles. The van der Waals surface area contributed by atoms with Gasteiger partial charge in [0.15, 0.2) is 0 Å². The van der Waals surface area contributed by atoms with Crippen molar-refractivity contribution in [1.82, 2.24) is 19.9 Å². The summed E-state index contributed by atoms with van der Waals surface area (Å²) in [5.74, 6) is 0.602. The Morgan fingerprint density at radius 3 is 2.88 bits per heavy atom. The van der Waals surface area contributed by atoms with Gasteiger partial charge in [-0.2, -0.15) is 0 Å². The molecule has 1 aliphatic rings. The molecular formula is C24H26N4O4S. The molecule has 1 amide bonds. The highest BCUT2D eigenvalue weighted by atomic mass is 32.1. The molecule has 172 valence electrons. The number of ether oxygens (including phenoxy) is 1. The summed E-state index contributed by atoms with van der Waals surface area (Å²) in [4.78, 5) is 36.0. The summed E-state index contributed by atoms with van der Waals surface area (Å²) in [5.41, 5.74) is 3.42. The van der Waals surface area contributed by atoms with Crippen LogP contribution >= 0.6 is 11.3 Å². The zero-order valence-electron chi connectivity index (χ0n) is 19.1. The number of nitrogens with zero attached hydrogens (tertiary/aromatic N) is 3. The molecule has 0 unspecified atom stereocenters. The molecule has 33 heavy (non-hydrogen) atoms. The van der Waals surface area contributed by atoms with Crippen molar-refractivity contribution in [3.8, 4) is 0 Å². The van der Waals surface area contributed by atoms with Crippen molar-refractivity contribution in [2.24, 2.45) is 0 Å². The molecule has 5 heterocycles. The van der Waals surface area contributed by atoms with Gasteiger partial charge >= 0.3 is 0 Å². The maximum absolute atomic E-state index is 13.3. The molecule has 0 fully saturated rings. The Morgan fingerprint density at radius 2 is 2.15 bits per heavy atom. The first-order valence-electron chi connectivity index (χ1n) is 11.0. The monoisotopic (exact) mass is 466 g/mol. The highest BCUT2D eigenvalue weighted by Crippen LogP contribution is 2.41. The second kappa shape index (κ2) is 8.07. The van der Waals surface area contributed by atoms with Crippen LogP contribution in [0, 0.1) is 0 Å². The van der Waals surface area contributed by atoms with E-state index in [0.29, 0.717) is 22.6 Å². The molecule has 8 nitrogen and oxygen atoms in total. The first-order valence-corrected chi connectivity index (χ1v) is 11.8. The molecule has 0 spiro atoms. The average molecular weight is 467 g/mol. The van der Waals surface area contributed by atoms with E-state index in [1.807, 2.05) is 0 Å². The minimum Gasteiger partial charge on any atom is -0.467 e. The van der Waals surface area contributed by atoms with E-state index in [-0.39, 0.29) is 36.1 Å². The highest BCUT2D eigenvalue weighted by molar-refractivity contribution is 7.25. The fourth-order valence-corrected chi connectivity index (χ4v) is 5.44. The summed E-state index contributed by atoms with van der Waals surface area (Å²) in [6, 6.07) is 3.54. The smallest absolute Gasteiger partial charge is 0.271 e. The van der Waals surface area contributed by atoms with Crippen molar-refractivity contribution in [3.63, 3.8) is 0 Å². The minimum atomic E-state index is -0.301. The lowest BCUT2D eigenvalue weighted by Crippen LogP contribution is -2.33. The molecule has 0 bridgehead atoms. The molecule has 9 heteroatoms. The molecule has 1 aliphatic heterocycles. The topological polar surface area (TPSA) is 99.2 Å². The Morgan fingerprint density at radius 1 is 1.33 bits per heavy atom. The second-order valence-corrected chi connectivity index (χ2v) is 10.3. The molecule has 0 radical (unpaired) electrons. The van der Waals surface area contributed by atoms with Crippen molar-refractivity contribution >= 4 is 37.7 Å². The van der Waals surface area contributed by atoms with Gasteiger partial charge in [0.05, 0.1) is 42.6 Å². The lowest BCUT2D eigenvalue weighted by atomic mass is 9.87. The number of nitrogens with one attached hydrogen (secondary N) is 1. The van der Waals surface area contributed by atoms with E-state index in [2.05, 4.69) is 38.0 Å². The van der Waals surface area contributed by atoms with Gasteiger partial charge < -0.3 is 14.5 Å². The maximum atomic E-state index is 13.3. The third-order valence-corrected chi connectivity index (χ3v) is 7.01. The molecule has 1 N–H and O–H groups in total. The molecule has 0 aromatic carbocycles. The standard InChI is InChI=1S/C24H26N4O4S/c1-13(2)19-16-11-32-24(3,4)8-15(16)18-20-21(33-22(18)27-19)23(30)28(12-26-20)10-17(29)25-9-14-6-5-7-31-14/h5-7,12-13H,8-11H2,1-4H3,(H,25,29). The molecule has 0 aliphatic carbocycles. The van der Waals surface area contributed by atoms with Crippen LogP contribution in [0.5, 0.6) is 0 Å². The number of carbonyl (C=O) groups is 1. The van der Waals surface area contributed by atoms with E-state index in [1.54, 1.807) is 18.4 Å². The van der Waals surface area contributed by atoms with E-state index >= 15 is 0 Å². The first-order chi connectivity index (χ1) is 15.7. The number of furan rings is 1. The fourth-order valence-electron chi connectivity index (χ4n) is 4.32. The summed E-state index contributed by atoms with van der Waals surface area (Å²) in [7, 11) is 0. The number of fused-ring (bicyclic) bond motifs is 5. The first kappa shape index (κ1) is 21.8. The van der Waals surface area contributed by atoms with Crippen LogP contribution in [0.4, 0.5) is 0 Å². The van der Waals surface area contributed by atoms with Crippen molar-refractivity contribution in [2.75, 3.05) is 0 Å². The van der Waals surface area contributed by atoms with Gasteiger partial charge in [0.1, 0.15) is 21.8 Å². The van der Waals surface area contributed by atoms with Crippen LogP contribution in [0.2, 0.25) is 0 Å². The number of hydrogen-bond acceptors (Lipinski definition) is 7. The van der Waals surface area contributed by atoms with Crippen LogP contribution in [0.25, 0.3) is 20.4 Å². The molecule has 4 aromatic rings. The van der Waals surface area contributed by atoms with Gasteiger partial charge in [0.2, 0.25) is 5.91 Å². The van der Waals surface area contributed by atoms with Gasteiger partial charge in [0, 0.05) is 17.4 Å². The predicted molar refractivity (Wildman–Crippen MR) is 126 cm³/mol. The van der Waals surface area contributed by atoms with Gasteiger partial charge in [0.25, 0.3) is 5.56 Å². The lowest BCUT2D eigenvalue weighted by molar-refractivity contribution is -0.122. The Kier molecular flexibility index (Phi) is 5.33. The van der Waals surface area contributed by atoms with Gasteiger partial charge in [-0.15, -0.1) is 11.3 Å². The number of thiophene rings is 1. The van der Waals surface area contributed by atoms with E-state index in [9.17, 15) is 9.59 Å². The number of aromatic nitrogens is 3. The van der Waals surface area contributed by atoms with E-state index < -0.39 is 0 Å². The van der Waals surface area contributed by atoms with Crippen LogP contribution in [0.15, 0.2) is 33.9 Å². The lowest BCUT2D eigenvalue weighted by Gasteiger charge is -2.33. The van der Waals surface area contributed by atoms with Crippen LogP contribution < -0.4 is 10.9 Å². The normalized spacial score (nSPS) is 15.3. The van der Waals surface area contributed by atoms with E-state index in [0.717, 1.165) is 27.9 Å². The predicted octanol–water partition coefficient (Wildman–Crippen LogP) is 3.89. The van der Waals surface area contributed by atoms with Crippen molar-refractivity contribution < 1.29 is 13.9 Å². The summed E-state index contributed by atoms with van der Waals surface area (Å²) >= 11 is 1.35. The molecular weight excluding hydrogens is 440 g/mol. The number of rotatable bonds is 5. The average Bonchev–Trinajstić information content (AvgIpc) is 3.41. The number of carbonyl (C=O) groups excluding carboxylic acids is 1. The summed E-state index contributed by atoms with van der Waals surface area (Å²) in [6.45, 7) is 9.05. The van der Waals surface area contributed by atoms with Crippen LogP contribution in [-0.4, -0.2) is 26.0 Å². The van der Waals surface area contributed by atoms with Gasteiger partial charge in [-0.05, 0) is 37.5 Å². The van der Waals surface area contributed by atoms with Crippen molar-refractivity contribution in [3.05, 3.63) is 57.7 Å². The Bertz CT molecular complexity index is 1420. The Balaban J connectivity index is 1.56. The van der Waals surface area contributed by atoms with E-state index in [1.165, 1.54) is 27.8 Å². The zero-order valence-corrected chi connectivity index (χ0v) is 19.9. The summed E-state index contributed by atoms with van der Waals surface area (Å²) in [6.07, 6.45) is 3.74. The van der Waals surface area contributed by atoms with Crippen LogP contribution in [0.3, 0.4) is 0 Å². The molecule has 4 aromatic heterocycles. The number of hydrogen-bond donors (Lipinski definition) is 1. The second-order valence-electron chi connectivity index (χ2n) is 9.33. The largest absolute Gasteiger partial charge is 0.467 e. The summed E-state index contributed by atoms with van der Waals surface area (Å²) < 4.78 is 13.2. The van der Waals surface area contributed by atoms with Crippen LogP contribution in [-0.2, 0) is 35.6 Å². The van der Waals surface area contributed by atoms with Gasteiger partial charge in [-0.25, -0.2) is 9.97 Å². The SMILES string of the molecule is CC(C)c1nc2sc3c(=O)n(CC(=O)NCc4ccco4)cnc3c2c2c1COC(C)(C)C2. The quantitative estimate of drug-likeness (QED) is 0.479. The Labute approximate surface area is 194 Å². The summed E-state index contributed by atoms with van der Waals surface area (Å²) in [5, 5.41) is 3.70. The van der Waals surface area contributed by atoms with Crippen molar-refractivity contribution in [2.45, 2.75) is 65.3 Å². The van der Waals surface area contributed by atoms with E-state index in [4.69, 9.17) is 14.1 Å². The third kappa shape index (κ3) is 3.95. The molecule has 0 saturated heterocycles. The molecule has 5 rings (SSSR count). The fraction of sp³-hybridized carbons (Fsp3) is 0.417. The van der Waals surface area contributed by atoms with Gasteiger partial charge in [-0.1, -0.05) is 13.8 Å². The molecule has 0 atom stereocenters. The van der Waals surface area contributed by atoms with Crippen molar-refractivity contribution in [1.29, 1.82) is 0 Å². The minimum absolute atomic E-state index is 0.111. The van der Waals surface area contributed by atoms with Gasteiger partial charge in [-0.3, -0.25) is 14.2 Å². The maximum Gasteiger partial charge on any atom is 0.271 e. The number of amides is 1. The zero-order chi connectivity index (χ0) is 23.3. The third-order valence-electron chi connectivity index (χ3n) is 5.95. The highest BCUT2D eigenvalue weighted by Gasteiger charge is 2.32. The number of pyridine rings is 1. The Hall–Kier alpha value is -3.04. The van der Waals surface area contributed by atoms with Crippen LogP contribution in [0.1, 0.15) is 56.2 Å².